The van der Waals surface area contributed by atoms with Crippen LogP contribution in [0.4, 0.5) is 28.9 Å². The number of ether oxygens (including phenoxy) is 1. The average Bonchev–Trinajstić information content (AvgIpc) is 2.68. The molecule has 2 aromatic carbocycles. The summed E-state index contributed by atoms with van der Waals surface area (Å²) in [6.45, 7) is 8.65. The topological polar surface area (TPSA) is 58.6 Å². The number of nitrogens with one attached hydrogen (secondary N) is 1. The van der Waals surface area contributed by atoms with Gasteiger partial charge in [0, 0.05) is 6.42 Å². The van der Waals surface area contributed by atoms with Gasteiger partial charge in [-0.1, -0.05) is 32.9 Å². The minimum Gasteiger partial charge on any atom is -0.476 e. The summed E-state index contributed by atoms with van der Waals surface area (Å²) in [5.41, 5.74) is -0.140. The first kappa shape index (κ1) is 24.5. The van der Waals surface area contributed by atoms with E-state index in [0.29, 0.717) is 11.1 Å². The molecule has 178 valence electrons. The normalized spacial score (nSPS) is 16.3. The second-order valence-electron chi connectivity index (χ2n) is 9.40. The zero-order valence-corrected chi connectivity index (χ0v) is 19.1. The van der Waals surface area contributed by atoms with E-state index in [2.05, 4.69) is 5.32 Å². The van der Waals surface area contributed by atoms with Crippen molar-refractivity contribution < 1.29 is 31.9 Å². The first-order valence-corrected chi connectivity index (χ1v) is 10.4. The molecule has 0 saturated heterocycles. The van der Waals surface area contributed by atoms with Crippen molar-refractivity contribution in [3.8, 4) is 5.75 Å². The lowest BCUT2D eigenvalue weighted by Gasteiger charge is -2.34. The van der Waals surface area contributed by atoms with Crippen molar-refractivity contribution in [2.24, 2.45) is 5.41 Å². The van der Waals surface area contributed by atoms with Gasteiger partial charge in [0.15, 0.2) is 17.7 Å². The lowest BCUT2D eigenvalue weighted by Crippen LogP contribution is -2.44. The zero-order valence-electron chi connectivity index (χ0n) is 19.1. The van der Waals surface area contributed by atoms with E-state index < -0.39 is 29.6 Å². The van der Waals surface area contributed by atoms with Gasteiger partial charge in [-0.05, 0) is 48.6 Å². The highest BCUT2D eigenvalue weighted by atomic mass is 19.4. The van der Waals surface area contributed by atoms with E-state index in [9.17, 15) is 22.8 Å². The van der Waals surface area contributed by atoms with Crippen molar-refractivity contribution in [3.63, 3.8) is 0 Å². The Bertz CT molecular complexity index is 1070. The third-order valence-electron chi connectivity index (χ3n) is 5.18. The molecule has 1 aliphatic heterocycles. The third kappa shape index (κ3) is 5.46. The monoisotopic (exact) mass is 466 g/mol. The van der Waals surface area contributed by atoms with Gasteiger partial charge in [0.05, 0.1) is 23.5 Å². The number of carbonyl (C=O) groups excluding carboxylic acids is 2. The number of nitrogens with zero attached hydrogens (tertiary/aromatic N) is 1. The SMILES string of the molecule is Cc1cc2c(c(F)c1NC(=O)CC(C)(C)C)OC(C)C(=O)N2Cc1ccc(C(F)(F)F)cc1. The first-order valence-electron chi connectivity index (χ1n) is 10.4. The number of aryl methyl sites for hydroxylation is 1. The number of carbonyl (C=O) groups is 2. The molecule has 1 aliphatic rings. The maximum Gasteiger partial charge on any atom is 0.416 e. The fourth-order valence-corrected chi connectivity index (χ4v) is 3.58. The summed E-state index contributed by atoms with van der Waals surface area (Å²) in [7, 11) is 0. The van der Waals surface area contributed by atoms with Crippen LogP contribution in [0, 0.1) is 18.2 Å². The molecule has 2 aromatic rings. The second kappa shape index (κ2) is 8.68. The molecule has 1 N–H and O–H groups in total. The minimum absolute atomic E-state index is 0.0287. The minimum atomic E-state index is -4.47. The molecule has 0 bridgehead atoms. The molecule has 9 heteroatoms. The summed E-state index contributed by atoms with van der Waals surface area (Å²) in [4.78, 5) is 26.4. The highest BCUT2D eigenvalue weighted by Crippen LogP contribution is 2.42. The molecule has 0 fully saturated rings. The quantitative estimate of drug-likeness (QED) is 0.576. The maximum atomic E-state index is 15.4. The van der Waals surface area contributed by atoms with Gasteiger partial charge < -0.3 is 15.0 Å². The Kier molecular flexibility index (Phi) is 6.46. The fraction of sp³-hybridized carbons (Fsp3) is 0.417. The number of hydrogen-bond acceptors (Lipinski definition) is 3. The number of anilines is 2. The van der Waals surface area contributed by atoms with Gasteiger partial charge in [0.1, 0.15) is 0 Å². The molecule has 0 aromatic heterocycles. The van der Waals surface area contributed by atoms with E-state index in [4.69, 9.17) is 4.74 Å². The maximum absolute atomic E-state index is 15.4. The van der Waals surface area contributed by atoms with Crippen molar-refractivity contribution in [2.45, 2.75) is 59.9 Å². The second-order valence-corrected chi connectivity index (χ2v) is 9.40. The van der Waals surface area contributed by atoms with Crippen molar-refractivity contribution in [1.82, 2.24) is 0 Å². The van der Waals surface area contributed by atoms with Crippen LogP contribution in [0.5, 0.6) is 5.75 Å². The Labute approximate surface area is 189 Å². The molecule has 1 heterocycles. The molecule has 3 rings (SSSR count). The number of halogens is 4. The molecule has 5 nitrogen and oxygen atoms in total. The van der Waals surface area contributed by atoms with E-state index in [0.717, 1.165) is 12.1 Å². The predicted molar refractivity (Wildman–Crippen MR) is 117 cm³/mol. The fourth-order valence-electron chi connectivity index (χ4n) is 3.58. The molecule has 0 aliphatic carbocycles. The lowest BCUT2D eigenvalue weighted by molar-refractivity contribution is -0.137. The highest BCUT2D eigenvalue weighted by molar-refractivity contribution is 6.01. The van der Waals surface area contributed by atoms with Crippen molar-refractivity contribution >= 4 is 23.2 Å². The van der Waals surface area contributed by atoms with E-state index in [-0.39, 0.29) is 41.4 Å². The number of benzene rings is 2. The van der Waals surface area contributed by atoms with Gasteiger partial charge in [-0.3, -0.25) is 9.59 Å². The van der Waals surface area contributed by atoms with Crippen LogP contribution in [-0.4, -0.2) is 17.9 Å². The number of amides is 2. The van der Waals surface area contributed by atoms with Gasteiger partial charge in [-0.25, -0.2) is 4.39 Å². The summed E-state index contributed by atoms with van der Waals surface area (Å²) in [5, 5.41) is 2.59. The number of alkyl halides is 3. The number of hydrogen-bond donors (Lipinski definition) is 1. The van der Waals surface area contributed by atoms with Crippen molar-refractivity contribution in [3.05, 3.63) is 52.8 Å². The molecule has 0 spiro atoms. The van der Waals surface area contributed by atoms with E-state index in [1.165, 1.54) is 30.0 Å². The third-order valence-corrected chi connectivity index (χ3v) is 5.18. The van der Waals surface area contributed by atoms with Gasteiger partial charge in [-0.2, -0.15) is 13.2 Å². The van der Waals surface area contributed by atoms with Gasteiger partial charge in [0.25, 0.3) is 5.91 Å². The van der Waals surface area contributed by atoms with E-state index >= 15 is 4.39 Å². The van der Waals surface area contributed by atoms with Crippen molar-refractivity contribution in [1.29, 1.82) is 0 Å². The summed E-state index contributed by atoms with van der Waals surface area (Å²) < 4.78 is 59.5. The Balaban J connectivity index is 1.95. The Morgan fingerprint density at radius 2 is 1.76 bits per heavy atom. The van der Waals surface area contributed by atoms with Crippen LogP contribution >= 0.6 is 0 Å². The molecule has 33 heavy (non-hydrogen) atoms. The Morgan fingerprint density at radius 3 is 2.30 bits per heavy atom. The van der Waals surface area contributed by atoms with Gasteiger partial charge in [0.2, 0.25) is 5.91 Å². The molecular formula is C24H26F4N2O3. The summed E-state index contributed by atoms with van der Waals surface area (Å²) >= 11 is 0. The smallest absolute Gasteiger partial charge is 0.416 e. The highest BCUT2D eigenvalue weighted by Gasteiger charge is 2.36. The average molecular weight is 466 g/mol. The van der Waals surface area contributed by atoms with Crippen LogP contribution in [0.2, 0.25) is 0 Å². The summed E-state index contributed by atoms with van der Waals surface area (Å²) in [5.74, 6) is -1.80. The van der Waals surface area contributed by atoms with Crippen LogP contribution < -0.4 is 15.0 Å². The Hall–Kier alpha value is -3.10. The molecule has 2 amide bonds. The predicted octanol–water partition coefficient (Wildman–Crippen LogP) is 5.84. The zero-order chi connectivity index (χ0) is 24.7. The van der Waals surface area contributed by atoms with Crippen LogP contribution in [-0.2, 0) is 22.3 Å². The standard InChI is InChI=1S/C24H26F4N2O3/c1-13-10-17-21(19(25)20(13)29-18(31)11-23(3,4)5)33-14(2)22(32)30(17)12-15-6-8-16(9-7-15)24(26,27)28/h6-10,14H,11-12H2,1-5H3,(H,29,31). The molecule has 0 radical (unpaired) electrons. The number of rotatable bonds is 4. The Morgan fingerprint density at radius 1 is 1.15 bits per heavy atom. The van der Waals surface area contributed by atoms with Crippen molar-refractivity contribution in [2.75, 3.05) is 10.2 Å². The van der Waals surface area contributed by atoms with Crippen LogP contribution in [0.3, 0.4) is 0 Å². The molecule has 0 saturated carbocycles. The van der Waals surface area contributed by atoms with Gasteiger partial charge in [-0.15, -0.1) is 0 Å². The number of fused-ring (bicyclic) bond motifs is 1. The van der Waals surface area contributed by atoms with Crippen LogP contribution in [0.1, 0.15) is 50.8 Å². The molecule has 1 atom stereocenters. The summed E-state index contributed by atoms with van der Waals surface area (Å²) in [6.07, 6.45) is -5.30. The first-order chi connectivity index (χ1) is 15.2. The lowest BCUT2D eigenvalue weighted by atomic mass is 9.92. The molecule has 1 unspecified atom stereocenters. The van der Waals surface area contributed by atoms with Crippen LogP contribution in [0.25, 0.3) is 0 Å². The van der Waals surface area contributed by atoms with E-state index in [1.54, 1.807) is 6.92 Å². The van der Waals surface area contributed by atoms with Crippen LogP contribution in [0.15, 0.2) is 30.3 Å². The van der Waals surface area contributed by atoms with E-state index in [1.807, 2.05) is 20.8 Å². The molecular weight excluding hydrogens is 440 g/mol. The largest absolute Gasteiger partial charge is 0.476 e. The van der Waals surface area contributed by atoms with Gasteiger partial charge >= 0.3 is 6.18 Å². The summed E-state index contributed by atoms with van der Waals surface area (Å²) in [6, 6.07) is 5.95.